The Morgan fingerprint density at radius 3 is 2.83 bits per heavy atom. The number of amides is 2. The Morgan fingerprint density at radius 2 is 2.22 bits per heavy atom. The van der Waals surface area contributed by atoms with Crippen molar-refractivity contribution in [2.75, 3.05) is 18.4 Å². The molecule has 0 bridgehead atoms. The zero-order valence-corrected chi connectivity index (χ0v) is 13.5. The van der Waals surface area contributed by atoms with Crippen LogP contribution in [-0.2, 0) is 19.1 Å². The van der Waals surface area contributed by atoms with Gasteiger partial charge in [0.05, 0.1) is 5.92 Å². The molecule has 1 N–H and O–H groups in total. The smallest absolute Gasteiger partial charge is 0.311 e. The molecular formula is C15H21N3O5. The van der Waals surface area contributed by atoms with E-state index in [1.54, 1.807) is 17.9 Å². The normalized spacial score (nSPS) is 19.1. The maximum absolute atomic E-state index is 12.2. The van der Waals surface area contributed by atoms with E-state index >= 15 is 0 Å². The molecule has 2 heterocycles. The number of nitrogens with one attached hydrogen (secondary N) is 1. The standard InChI is InChI=1S/C15H21N3O5/c1-9-7-13(17-23-9)16-14(20)10(2)22-15(21)12-5-4-6-18(8-12)11(3)19/h7,10,12H,4-6,8H2,1-3H3,(H,16,17,20). The van der Waals surface area contributed by atoms with Crippen LogP contribution in [0, 0.1) is 12.8 Å². The minimum absolute atomic E-state index is 0.0605. The van der Waals surface area contributed by atoms with Crippen molar-refractivity contribution in [3.63, 3.8) is 0 Å². The number of piperidine rings is 1. The SMILES string of the molecule is CC(=O)N1CCCC(C(=O)OC(C)C(=O)Nc2cc(C)on2)C1. The third-order valence-corrected chi connectivity index (χ3v) is 3.74. The van der Waals surface area contributed by atoms with Crippen LogP contribution in [0.25, 0.3) is 0 Å². The summed E-state index contributed by atoms with van der Waals surface area (Å²) in [6, 6.07) is 1.57. The molecule has 1 aromatic heterocycles. The maximum atomic E-state index is 12.2. The molecule has 1 aliphatic rings. The van der Waals surface area contributed by atoms with Gasteiger partial charge in [-0.2, -0.15) is 0 Å². The summed E-state index contributed by atoms with van der Waals surface area (Å²) in [6.45, 7) is 5.66. The van der Waals surface area contributed by atoms with Crippen molar-refractivity contribution in [1.29, 1.82) is 0 Å². The first kappa shape index (κ1) is 17.0. The Hall–Kier alpha value is -2.38. The van der Waals surface area contributed by atoms with E-state index in [9.17, 15) is 14.4 Å². The molecule has 8 heteroatoms. The van der Waals surface area contributed by atoms with Crippen LogP contribution in [0.5, 0.6) is 0 Å². The average Bonchev–Trinajstić information content (AvgIpc) is 2.92. The number of nitrogens with zero attached hydrogens (tertiary/aromatic N) is 2. The number of ether oxygens (including phenoxy) is 1. The number of carbonyl (C=O) groups is 3. The minimum Gasteiger partial charge on any atom is -0.452 e. The second-order valence-electron chi connectivity index (χ2n) is 5.70. The zero-order valence-electron chi connectivity index (χ0n) is 13.5. The molecule has 0 spiro atoms. The third kappa shape index (κ3) is 4.54. The molecule has 1 aliphatic heterocycles. The summed E-state index contributed by atoms with van der Waals surface area (Å²) in [5, 5.41) is 6.16. The monoisotopic (exact) mass is 323 g/mol. The van der Waals surface area contributed by atoms with Crippen molar-refractivity contribution in [1.82, 2.24) is 10.1 Å². The quantitative estimate of drug-likeness (QED) is 0.833. The van der Waals surface area contributed by atoms with Crippen LogP contribution in [-0.4, -0.2) is 47.0 Å². The number of hydrogen-bond donors (Lipinski definition) is 1. The summed E-state index contributed by atoms with van der Waals surface area (Å²) in [5.41, 5.74) is 0. The zero-order chi connectivity index (χ0) is 17.0. The molecular weight excluding hydrogens is 302 g/mol. The number of esters is 1. The number of likely N-dealkylation sites (tertiary alicyclic amines) is 1. The van der Waals surface area contributed by atoms with Gasteiger partial charge in [0.15, 0.2) is 11.9 Å². The van der Waals surface area contributed by atoms with Crippen molar-refractivity contribution in [2.45, 2.75) is 39.7 Å². The van der Waals surface area contributed by atoms with E-state index in [-0.39, 0.29) is 11.7 Å². The van der Waals surface area contributed by atoms with Crippen molar-refractivity contribution >= 4 is 23.6 Å². The number of rotatable bonds is 4. The Balaban J connectivity index is 1.86. The van der Waals surface area contributed by atoms with Gasteiger partial charge in [0.25, 0.3) is 5.91 Å². The van der Waals surface area contributed by atoms with Gasteiger partial charge in [-0.15, -0.1) is 0 Å². The minimum atomic E-state index is -0.952. The molecule has 126 valence electrons. The lowest BCUT2D eigenvalue weighted by Crippen LogP contribution is -2.43. The fourth-order valence-corrected chi connectivity index (χ4v) is 2.43. The predicted molar refractivity (Wildman–Crippen MR) is 80.4 cm³/mol. The van der Waals surface area contributed by atoms with Gasteiger partial charge in [-0.3, -0.25) is 14.4 Å². The summed E-state index contributed by atoms with van der Waals surface area (Å²) in [4.78, 5) is 37.2. The number of carbonyl (C=O) groups excluding carboxylic acids is 3. The van der Waals surface area contributed by atoms with Gasteiger partial charge in [0.1, 0.15) is 5.76 Å². The lowest BCUT2D eigenvalue weighted by atomic mass is 9.98. The molecule has 1 aromatic rings. The molecule has 23 heavy (non-hydrogen) atoms. The number of aryl methyl sites for hydroxylation is 1. The van der Waals surface area contributed by atoms with Gasteiger partial charge in [-0.25, -0.2) is 0 Å². The Bertz CT molecular complexity index is 598. The molecule has 0 aliphatic carbocycles. The molecule has 0 aromatic carbocycles. The highest BCUT2D eigenvalue weighted by Gasteiger charge is 2.30. The molecule has 2 rings (SSSR count). The van der Waals surface area contributed by atoms with Gasteiger partial charge in [-0.1, -0.05) is 5.16 Å². The van der Waals surface area contributed by atoms with Crippen LogP contribution in [0.4, 0.5) is 5.82 Å². The summed E-state index contributed by atoms with van der Waals surface area (Å²) in [7, 11) is 0. The second kappa shape index (κ2) is 7.26. The van der Waals surface area contributed by atoms with Crippen molar-refractivity contribution in [3.05, 3.63) is 11.8 Å². The van der Waals surface area contributed by atoms with Gasteiger partial charge in [0.2, 0.25) is 5.91 Å². The lowest BCUT2D eigenvalue weighted by molar-refractivity contribution is -0.159. The Morgan fingerprint density at radius 1 is 1.48 bits per heavy atom. The number of aromatic nitrogens is 1. The van der Waals surface area contributed by atoms with Crippen LogP contribution in [0.3, 0.4) is 0 Å². The summed E-state index contributed by atoms with van der Waals surface area (Å²) in [6.07, 6.45) is 0.449. The second-order valence-corrected chi connectivity index (χ2v) is 5.70. The summed E-state index contributed by atoms with van der Waals surface area (Å²) >= 11 is 0. The third-order valence-electron chi connectivity index (χ3n) is 3.74. The molecule has 0 saturated carbocycles. The molecule has 8 nitrogen and oxygen atoms in total. The maximum Gasteiger partial charge on any atom is 0.311 e. The van der Waals surface area contributed by atoms with E-state index in [2.05, 4.69) is 10.5 Å². The molecule has 2 unspecified atom stereocenters. The van der Waals surface area contributed by atoms with Gasteiger partial charge < -0.3 is 19.5 Å². The molecule has 1 saturated heterocycles. The van der Waals surface area contributed by atoms with Gasteiger partial charge in [-0.05, 0) is 26.7 Å². The van der Waals surface area contributed by atoms with Gasteiger partial charge in [0, 0.05) is 26.1 Å². The fraction of sp³-hybridized carbons (Fsp3) is 0.600. The number of anilines is 1. The molecule has 0 radical (unpaired) electrons. The predicted octanol–water partition coefficient (Wildman–Crippen LogP) is 1.11. The van der Waals surface area contributed by atoms with E-state index < -0.39 is 23.9 Å². The number of hydrogen-bond acceptors (Lipinski definition) is 6. The van der Waals surface area contributed by atoms with Crippen LogP contribution in [0.1, 0.15) is 32.4 Å². The van der Waals surface area contributed by atoms with E-state index in [1.165, 1.54) is 13.8 Å². The average molecular weight is 323 g/mol. The van der Waals surface area contributed by atoms with Crippen molar-refractivity contribution in [3.8, 4) is 0 Å². The Labute approximate surface area is 134 Å². The van der Waals surface area contributed by atoms with Crippen LogP contribution < -0.4 is 5.32 Å². The van der Waals surface area contributed by atoms with E-state index in [1.807, 2.05) is 0 Å². The van der Waals surface area contributed by atoms with Crippen LogP contribution in [0.2, 0.25) is 0 Å². The first-order chi connectivity index (χ1) is 10.9. The van der Waals surface area contributed by atoms with E-state index in [0.717, 1.165) is 6.42 Å². The topological polar surface area (TPSA) is 102 Å². The highest BCUT2D eigenvalue weighted by Crippen LogP contribution is 2.19. The van der Waals surface area contributed by atoms with Gasteiger partial charge >= 0.3 is 5.97 Å². The molecule has 2 amide bonds. The van der Waals surface area contributed by atoms with Crippen molar-refractivity contribution in [2.24, 2.45) is 5.92 Å². The van der Waals surface area contributed by atoms with Crippen molar-refractivity contribution < 1.29 is 23.6 Å². The molecule has 2 atom stereocenters. The first-order valence-corrected chi connectivity index (χ1v) is 7.57. The first-order valence-electron chi connectivity index (χ1n) is 7.57. The fourth-order valence-electron chi connectivity index (χ4n) is 2.43. The van der Waals surface area contributed by atoms with Crippen LogP contribution >= 0.6 is 0 Å². The summed E-state index contributed by atoms with van der Waals surface area (Å²) in [5.74, 6) is -0.556. The van der Waals surface area contributed by atoms with E-state index in [0.29, 0.717) is 25.3 Å². The summed E-state index contributed by atoms with van der Waals surface area (Å²) < 4.78 is 10.1. The largest absolute Gasteiger partial charge is 0.452 e. The Kier molecular flexibility index (Phi) is 5.36. The highest BCUT2D eigenvalue weighted by atomic mass is 16.5. The van der Waals surface area contributed by atoms with E-state index in [4.69, 9.17) is 9.26 Å². The lowest BCUT2D eigenvalue weighted by Gasteiger charge is -2.31. The highest BCUT2D eigenvalue weighted by molar-refractivity contribution is 5.94. The van der Waals surface area contributed by atoms with Crippen LogP contribution in [0.15, 0.2) is 10.6 Å². The molecule has 1 fully saturated rings.